The minimum atomic E-state index is 0.247. The van der Waals surface area contributed by atoms with Gasteiger partial charge in [0.25, 0.3) is 0 Å². The van der Waals surface area contributed by atoms with E-state index < -0.39 is 0 Å². The van der Waals surface area contributed by atoms with E-state index in [1.165, 1.54) is 5.56 Å². The van der Waals surface area contributed by atoms with Crippen LogP contribution in [0.25, 0.3) is 0 Å². The molecule has 0 saturated heterocycles. The van der Waals surface area contributed by atoms with Gasteiger partial charge in [0.1, 0.15) is 5.75 Å². The molecular formula is C14H23NO. The summed E-state index contributed by atoms with van der Waals surface area (Å²) in [6.45, 7) is 9.53. The molecule has 0 fully saturated rings. The number of hydrogen-bond acceptors (Lipinski definition) is 2. The second-order valence-corrected chi connectivity index (χ2v) is 4.44. The topological polar surface area (TPSA) is 21.3 Å². The van der Waals surface area contributed by atoms with Gasteiger partial charge in [0.2, 0.25) is 0 Å². The number of rotatable bonds is 6. The van der Waals surface area contributed by atoms with Crippen molar-refractivity contribution in [2.24, 2.45) is 0 Å². The standard InChI is InChI=1S/C14H23NO/c1-5-15-12(3)10-13(4)16-14-8-6-11(2)7-9-14/h6-9,12-13,15H,5,10H2,1-4H3. The molecule has 2 nitrogen and oxygen atoms in total. The van der Waals surface area contributed by atoms with Gasteiger partial charge in [-0.05, 0) is 45.9 Å². The summed E-state index contributed by atoms with van der Waals surface area (Å²) in [6, 6.07) is 8.73. The van der Waals surface area contributed by atoms with Crippen LogP contribution in [-0.2, 0) is 0 Å². The van der Waals surface area contributed by atoms with Crippen LogP contribution in [-0.4, -0.2) is 18.7 Å². The van der Waals surface area contributed by atoms with Crippen molar-refractivity contribution in [2.75, 3.05) is 6.54 Å². The van der Waals surface area contributed by atoms with E-state index in [0.717, 1.165) is 18.7 Å². The van der Waals surface area contributed by atoms with Gasteiger partial charge >= 0.3 is 0 Å². The molecule has 2 heteroatoms. The van der Waals surface area contributed by atoms with Crippen LogP contribution < -0.4 is 10.1 Å². The molecular weight excluding hydrogens is 198 g/mol. The summed E-state index contributed by atoms with van der Waals surface area (Å²) < 4.78 is 5.85. The van der Waals surface area contributed by atoms with Crippen molar-refractivity contribution in [3.8, 4) is 5.75 Å². The molecule has 0 heterocycles. The number of nitrogens with one attached hydrogen (secondary N) is 1. The van der Waals surface area contributed by atoms with Gasteiger partial charge in [-0.15, -0.1) is 0 Å². The molecule has 0 bridgehead atoms. The van der Waals surface area contributed by atoms with Crippen LogP contribution in [0.5, 0.6) is 5.75 Å². The molecule has 0 aliphatic carbocycles. The highest BCUT2D eigenvalue weighted by Crippen LogP contribution is 2.15. The Labute approximate surface area is 99.0 Å². The van der Waals surface area contributed by atoms with E-state index >= 15 is 0 Å². The Balaban J connectivity index is 2.39. The summed E-state index contributed by atoms with van der Waals surface area (Å²) in [5.74, 6) is 0.960. The van der Waals surface area contributed by atoms with Gasteiger partial charge in [0, 0.05) is 6.04 Å². The maximum absolute atomic E-state index is 5.85. The molecule has 2 atom stereocenters. The smallest absolute Gasteiger partial charge is 0.119 e. The Bertz CT molecular complexity index is 294. The van der Waals surface area contributed by atoms with E-state index in [9.17, 15) is 0 Å². The average molecular weight is 221 g/mol. The molecule has 0 aliphatic heterocycles. The molecule has 1 aromatic rings. The number of benzene rings is 1. The third-order valence-corrected chi connectivity index (χ3v) is 2.60. The van der Waals surface area contributed by atoms with Crippen LogP contribution in [0.4, 0.5) is 0 Å². The van der Waals surface area contributed by atoms with Crippen LogP contribution in [0, 0.1) is 6.92 Å². The van der Waals surface area contributed by atoms with Crippen LogP contribution in [0.15, 0.2) is 24.3 Å². The molecule has 1 aromatic carbocycles. The number of ether oxygens (including phenoxy) is 1. The van der Waals surface area contributed by atoms with E-state index in [4.69, 9.17) is 4.74 Å². The molecule has 0 radical (unpaired) electrons. The molecule has 0 spiro atoms. The van der Waals surface area contributed by atoms with Crippen molar-refractivity contribution in [1.29, 1.82) is 0 Å². The SMILES string of the molecule is CCNC(C)CC(C)Oc1ccc(C)cc1. The minimum Gasteiger partial charge on any atom is -0.491 e. The highest BCUT2D eigenvalue weighted by atomic mass is 16.5. The molecule has 0 aromatic heterocycles. The lowest BCUT2D eigenvalue weighted by atomic mass is 10.1. The quantitative estimate of drug-likeness (QED) is 0.796. The first kappa shape index (κ1) is 13.0. The summed E-state index contributed by atoms with van der Waals surface area (Å²) in [5, 5.41) is 3.39. The Kier molecular flexibility index (Phi) is 5.33. The minimum absolute atomic E-state index is 0.247. The van der Waals surface area contributed by atoms with E-state index in [1.54, 1.807) is 0 Å². The average Bonchev–Trinajstić information content (AvgIpc) is 2.21. The van der Waals surface area contributed by atoms with Crippen LogP contribution >= 0.6 is 0 Å². The van der Waals surface area contributed by atoms with Gasteiger partial charge < -0.3 is 10.1 Å². The Morgan fingerprint density at radius 3 is 2.38 bits per heavy atom. The molecule has 16 heavy (non-hydrogen) atoms. The molecule has 90 valence electrons. The van der Waals surface area contributed by atoms with Gasteiger partial charge in [-0.1, -0.05) is 24.6 Å². The fraction of sp³-hybridized carbons (Fsp3) is 0.571. The molecule has 2 unspecified atom stereocenters. The first-order valence-corrected chi connectivity index (χ1v) is 6.08. The fourth-order valence-corrected chi connectivity index (χ4v) is 1.83. The number of aryl methyl sites for hydroxylation is 1. The highest BCUT2D eigenvalue weighted by Gasteiger charge is 2.08. The van der Waals surface area contributed by atoms with E-state index in [1.807, 2.05) is 12.1 Å². The lowest BCUT2D eigenvalue weighted by Crippen LogP contribution is -2.30. The second kappa shape index (κ2) is 6.54. The van der Waals surface area contributed by atoms with Crippen molar-refractivity contribution >= 4 is 0 Å². The van der Waals surface area contributed by atoms with E-state index in [-0.39, 0.29) is 6.10 Å². The van der Waals surface area contributed by atoms with E-state index in [2.05, 4.69) is 45.1 Å². The van der Waals surface area contributed by atoms with Crippen molar-refractivity contribution in [3.05, 3.63) is 29.8 Å². The first-order valence-electron chi connectivity index (χ1n) is 6.08. The number of hydrogen-bond donors (Lipinski definition) is 1. The largest absolute Gasteiger partial charge is 0.491 e. The summed E-state index contributed by atoms with van der Waals surface area (Å²) in [6.07, 6.45) is 1.28. The van der Waals surface area contributed by atoms with Crippen molar-refractivity contribution in [1.82, 2.24) is 5.32 Å². The van der Waals surface area contributed by atoms with Gasteiger partial charge in [0.15, 0.2) is 0 Å². The van der Waals surface area contributed by atoms with Gasteiger partial charge in [0.05, 0.1) is 6.10 Å². The maximum Gasteiger partial charge on any atom is 0.119 e. The van der Waals surface area contributed by atoms with Crippen LogP contribution in [0.1, 0.15) is 32.8 Å². The molecule has 0 aliphatic rings. The maximum atomic E-state index is 5.85. The zero-order valence-electron chi connectivity index (χ0n) is 10.8. The van der Waals surface area contributed by atoms with E-state index in [0.29, 0.717) is 6.04 Å². The van der Waals surface area contributed by atoms with Gasteiger partial charge in [-0.2, -0.15) is 0 Å². The van der Waals surface area contributed by atoms with Gasteiger partial charge in [-0.3, -0.25) is 0 Å². The fourth-order valence-electron chi connectivity index (χ4n) is 1.83. The predicted molar refractivity (Wildman–Crippen MR) is 69.0 cm³/mol. The zero-order chi connectivity index (χ0) is 12.0. The molecule has 0 amide bonds. The van der Waals surface area contributed by atoms with Crippen molar-refractivity contribution in [2.45, 2.75) is 46.3 Å². The monoisotopic (exact) mass is 221 g/mol. The lowest BCUT2D eigenvalue weighted by Gasteiger charge is -2.19. The third kappa shape index (κ3) is 4.67. The van der Waals surface area contributed by atoms with Crippen molar-refractivity contribution in [3.63, 3.8) is 0 Å². The van der Waals surface area contributed by atoms with Crippen LogP contribution in [0.2, 0.25) is 0 Å². The second-order valence-electron chi connectivity index (χ2n) is 4.44. The van der Waals surface area contributed by atoms with Crippen molar-refractivity contribution < 1.29 is 4.74 Å². The normalized spacial score (nSPS) is 14.5. The highest BCUT2D eigenvalue weighted by molar-refractivity contribution is 5.26. The Morgan fingerprint density at radius 1 is 1.19 bits per heavy atom. The third-order valence-electron chi connectivity index (χ3n) is 2.60. The first-order chi connectivity index (χ1) is 7.61. The molecule has 1 N–H and O–H groups in total. The zero-order valence-corrected chi connectivity index (χ0v) is 10.8. The summed E-state index contributed by atoms with van der Waals surface area (Å²) in [4.78, 5) is 0. The Hall–Kier alpha value is -1.02. The molecule has 0 saturated carbocycles. The van der Waals surface area contributed by atoms with Crippen LogP contribution in [0.3, 0.4) is 0 Å². The summed E-state index contributed by atoms with van der Waals surface area (Å²) in [5.41, 5.74) is 1.26. The predicted octanol–water partition coefficient (Wildman–Crippen LogP) is 3.15. The summed E-state index contributed by atoms with van der Waals surface area (Å²) >= 11 is 0. The Morgan fingerprint density at radius 2 is 1.81 bits per heavy atom. The lowest BCUT2D eigenvalue weighted by molar-refractivity contribution is 0.196. The molecule has 1 rings (SSSR count). The summed E-state index contributed by atoms with van der Waals surface area (Å²) in [7, 11) is 0. The van der Waals surface area contributed by atoms with Gasteiger partial charge in [-0.25, -0.2) is 0 Å².